The number of halogens is 2. The molecule has 0 bridgehead atoms. The number of rotatable bonds is 6. The Morgan fingerprint density at radius 3 is 2.24 bits per heavy atom. The molecule has 0 aliphatic rings. The van der Waals surface area contributed by atoms with Crippen molar-refractivity contribution < 1.29 is 9.59 Å². The number of nitrogens with zero attached hydrogens (tertiary/aromatic N) is 1. The highest BCUT2D eigenvalue weighted by Crippen LogP contribution is 2.25. The monoisotopic (exact) mass is 378 g/mol. The summed E-state index contributed by atoms with van der Waals surface area (Å²) in [5.41, 5.74) is 1.61. The molecule has 0 aliphatic carbocycles. The minimum atomic E-state index is -0.178. The van der Waals surface area contributed by atoms with Gasteiger partial charge in [-0.25, -0.2) is 0 Å². The molecule has 0 saturated carbocycles. The van der Waals surface area contributed by atoms with E-state index in [9.17, 15) is 9.59 Å². The summed E-state index contributed by atoms with van der Waals surface area (Å²) in [7, 11) is 0. The summed E-state index contributed by atoms with van der Waals surface area (Å²) in [6.45, 7) is 3.62. The van der Waals surface area contributed by atoms with Crippen LogP contribution in [0, 0.1) is 0 Å². The van der Waals surface area contributed by atoms with Crippen molar-refractivity contribution in [3.63, 3.8) is 0 Å². The zero-order valence-electron chi connectivity index (χ0n) is 14.1. The lowest BCUT2D eigenvalue weighted by molar-refractivity contribution is -0.121. The number of amides is 2. The highest BCUT2D eigenvalue weighted by atomic mass is 35.5. The summed E-state index contributed by atoms with van der Waals surface area (Å²) >= 11 is 12.0. The van der Waals surface area contributed by atoms with Crippen LogP contribution < -0.4 is 10.2 Å². The average molecular weight is 379 g/mol. The van der Waals surface area contributed by atoms with Crippen molar-refractivity contribution in [2.24, 2.45) is 0 Å². The molecule has 6 heteroatoms. The number of hydrogen-bond acceptors (Lipinski definition) is 2. The molecule has 2 amide bonds. The first kappa shape index (κ1) is 19.3. The lowest BCUT2D eigenvalue weighted by Crippen LogP contribution is -2.34. The Kier molecular flexibility index (Phi) is 6.85. The maximum absolute atomic E-state index is 12.2. The number of anilines is 1. The molecule has 2 aromatic rings. The van der Waals surface area contributed by atoms with Gasteiger partial charge in [0.15, 0.2) is 0 Å². The van der Waals surface area contributed by atoms with E-state index in [0.717, 1.165) is 5.56 Å². The Hall–Kier alpha value is -2.04. The first-order valence-corrected chi connectivity index (χ1v) is 8.71. The van der Waals surface area contributed by atoms with E-state index >= 15 is 0 Å². The smallest absolute Gasteiger partial charge is 0.223 e. The van der Waals surface area contributed by atoms with Crippen LogP contribution in [-0.4, -0.2) is 18.4 Å². The van der Waals surface area contributed by atoms with Gasteiger partial charge >= 0.3 is 0 Å². The third-order valence-electron chi connectivity index (χ3n) is 3.78. The molecule has 0 aromatic heterocycles. The van der Waals surface area contributed by atoms with Gasteiger partial charge in [0.25, 0.3) is 0 Å². The van der Waals surface area contributed by atoms with Crippen LogP contribution in [0.3, 0.4) is 0 Å². The number of carbonyl (C=O) groups excluding carboxylic acids is 2. The van der Waals surface area contributed by atoms with Gasteiger partial charge in [-0.15, -0.1) is 0 Å². The van der Waals surface area contributed by atoms with E-state index in [1.165, 1.54) is 11.8 Å². The topological polar surface area (TPSA) is 49.4 Å². The summed E-state index contributed by atoms with van der Waals surface area (Å²) in [5.74, 6) is -0.307. The van der Waals surface area contributed by atoms with Crippen molar-refractivity contribution in [3.8, 4) is 0 Å². The highest BCUT2D eigenvalue weighted by Gasteiger charge is 2.16. The van der Waals surface area contributed by atoms with Crippen molar-refractivity contribution in [2.45, 2.75) is 26.3 Å². The van der Waals surface area contributed by atoms with Crippen molar-refractivity contribution in [2.75, 3.05) is 11.4 Å². The Bertz CT molecular complexity index is 730. The van der Waals surface area contributed by atoms with E-state index in [1.54, 1.807) is 18.2 Å². The molecule has 0 heterocycles. The quantitative estimate of drug-likeness (QED) is 0.797. The second kappa shape index (κ2) is 8.88. The van der Waals surface area contributed by atoms with Gasteiger partial charge in [0.2, 0.25) is 11.8 Å². The Balaban J connectivity index is 1.99. The van der Waals surface area contributed by atoms with E-state index < -0.39 is 0 Å². The van der Waals surface area contributed by atoms with Crippen molar-refractivity contribution in [1.82, 2.24) is 5.32 Å². The van der Waals surface area contributed by atoms with Crippen molar-refractivity contribution in [1.29, 1.82) is 0 Å². The summed E-state index contributed by atoms with van der Waals surface area (Å²) < 4.78 is 0. The minimum Gasteiger partial charge on any atom is -0.350 e. The molecule has 2 rings (SSSR count). The summed E-state index contributed by atoms with van der Waals surface area (Å²) in [4.78, 5) is 25.6. The lowest BCUT2D eigenvalue weighted by Gasteiger charge is -2.22. The van der Waals surface area contributed by atoms with E-state index in [-0.39, 0.29) is 30.8 Å². The molecule has 1 N–H and O–H groups in total. The maximum atomic E-state index is 12.2. The predicted molar refractivity (Wildman–Crippen MR) is 102 cm³/mol. The van der Waals surface area contributed by atoms with Gasteiger partial charge in [0, 0.05) is 35.6 Å². The molecule has 1 atom stereocenters. The van der Waals surface area contributed by atoms with Crippen LogP contribution in [-0.2, 0) is 9.59 Å². The van der Waals surface area contributed by atoms with Crippen LogP contribution in [0.1, 0.15) is 31.9 Å². The minimum absolute atomic E-state index is 0.0971. The SMILES string of the molecule is CC(=O)N(CCC(=O)NC(C)c1ccccc1)c1cc(Cl)cc(Cl)c1. The van der Waals surface area contributed by atoms with E-state index in [0.29, 0.717) is 15.7 Å². The zero-order valence-corrected chi connectivity index (χ0v) is 15.6. The fourth-order valence-electron chi connectivity index (χ4n) is 2.52. The molecule has 0 radical (unpaired) electrons. The Morgan fingerprint density at radius 1 is 1.08 bits per heavy atom. The van der Waals surface area contributed by atoms with Gasteiger partial charge < -0.3 is 10.2 Å². The first-order valence-electron chi connectivity index (χ1n) is 7.95. The molecule has 25 heavy (non-hydrogen) atoms. The van der Waals surface area contributed by atoms with Gasteiger partial charge in [-0.1, -0.05) is 53.5 Å². The van der Waals surface area contributed by atoms with Crippen LogP contribution in [0.5, 0.6) is 0 Å². The Labute approximate surface area is 157 Å². The molecule has 0 saturated heterocycles. The second-order valence-corrected chi connectivity index (χ2v) is 6.62. The lowest BCUT2D eigenvalue weighted by atomic mass is 10.1. The molecule has 0 aliphatic heterocycles. The molecular formula is C19H20Cl2N2O2. The van der Waals surface area contributed by atoms with Crippen LogP contribution in [0.25, 0.3) is 0 Å². The number of carbonyl (C=O) groups is 2. The molecule has 2 aromatic carbocycles. The van der Waals surface area contributed by atoms with Gasteiger partial charge in [-0.2, -0.15) is 0 Å². The number of benzene rings is 2. The van der Waals surface area contributed by atoms with E-state index in [2.05, 4.69) is 5.32 Å². The number of hydrogen-bond donors (Lipinski definition) is 1. The van der Waals surface area contributed by atoms with Crippen LogP contribution in [0.4, 0.5) is 5.69 Å². The molecule has 1 unspecified atom stereocenters. The zero-order chi connectivity index (χ0) is 18.4. The Morgan fingerprint density at radius 2 is 1.68 bits per heavy atom. The van der Waals surface area contributed by atoms with Crippen molar-refractivity contribution >= 4 is 40.7 Å². The third kappa shape index (κ3) is 5.76. The molecule has 0 fully saturated rings. The fraction of sp³-hybridized carbons (Fsp3) is 0.263. The fourth-order valence-corrected chi connectivity index (χ4v) is 3.03. The van der Waals surface area contributed by atoms with Gasteiger partial charge in [-0.3, -0.25) is 9.59 Å². The maximum Gasteiger partial charge on any atom is 0.223 e. The standard InChI is InChI=1S/C19H20Cl2N2O2/c1-13(15-6-4-3-5-7-15)22-19(25)8-9-23(14(2)24)18-11-16(20)10-17(21)12-18/h3-7,10-13H,8-9H2,1-2H3,(H,22,25). The van der Waals surface area contributed by atoms with Crippen molar-refractivity contribution in [3.05, 3.63) is 64.1 Å². The van der Waals surface area contributed by atoms with E-state index in [4.69, 9.17) is 23.2 Å². The normalized spacial score (nSPS) is 11.7. The number of nitrogens with one attached hydrogen (secondary N) is 1. The summed E-state index contributed by atoms with van der Waals surface area (Å²) in [5, 5.41) is 3.82. The van der Waals surface area contributed by atoms with Crippen LogP contribution in [0.2, 0.25) is 10.0 Å². The van der Waals surface area contributed by atoms with Gasteiger partial charge in [0.1, 0.15) is 0 Å². The van der Waals surface area contributed by atoms with E-state index in [1.807, 2.05) is 37.3 Å². The van der Waals surface area contributed by atoms with Gasteiger partial charge in [0.05, 0.1) is 6.04 Å². The molecule has 4 nitrogen and oxygen atoms in total. The first-order chi connectivity index (χ1) is 11.9. The molecule has 0 spiro atoms. The molecular weight excluding hydrogens is 359 g/mol. The predicted octanol–water partition coefficient (Wildman–Crippen LogP) is 4.61. The summed E-state index contributed by atoms with van der Waals surface area (Å²) in [6, 6.07) is 14.5. The second-order valence-electron chi connectivity index (χ2n) is 5.75. The third-order valence-corrected chi connectivity index (χ3v) is 4.22. The highest BCUT2D eigenvalue weighted by molar-refractivity contribution is 6.35. The largest absolute Gasteiger partial charge is 0.350 e. The summed E-state index contributed by atoms with van der Waals surface area (Å²) in [6.07, 6.45) is 0.181. The molecule has 132 valence electrons. The van der Waals surface area contributed by atoms with Crippen LogP contribution >= 0.6 is 23.2 Å². The average Bonchev–Trinajstić information content (AvgIpc) is 2.54. The van der Waals surface area contributed by atoms with Gasteiger partial charge in [-0.05, 0) is 30.7 Å². The van der Waals surface area contributed by atoms with Crippen LogP contribution in [0.15, 0.2) is 48.5 Å².